The van der Waals surface area contributed by atoms with Gasteiger partial charge in [-0.3, -0.25) is 24.4 Å². The molecule has 0 aliphatic carbocycles. The summed E-state index contributed by atoms with van der Waals surface area (Å²) in [5.41, 5.74) is -0.564. The number of amides is 1. The van der Waals surface area contributed by atoms with Crippen molar-refractivity contribution >= 4 is 34.1 Å². The highest BCUT2D eigenvalue weighted by Gasteiger charge is 2.50. The fourth-order valence-electron chi connectivity index (χ4n) is 8.82. The van der Waals surface area contributed by atoms with Crippen molar-refractivity contribution in [3.05, 3.63) is 58.0 Å². The minimum absolute atomic E-state index is 0.0353. The number of carbonyl (C=O) groups excluding carboxylic acids is 3. The van der Waals surface area contributed by atoms with Crippen LogP contribution in [0.25, 0.3) is 10.8 Å². The van der Waals surface area contributed by atoms with E-state index in [0.717, 1.165) is 6.54 Å². The summed E-state index contributed by atoms with van der Waals surface area (Å²) in [5, 5.41) is 50.0. The minimum atomic E-state index is -1.95. The number of hydrogen-bond acceptors (Lipinski definition) is 14. The van der Waals surface area contributed by atoms with E-state index in [1.54, 1.807) is 65.8 Å². The van der Waals surface area contributed by atoms with Gasteiger partial charge >= 0.3 is 11.8 Å². The van der Waals surface area contributed by atoms with Gasteiger partial charge in [0, 0.05) is 87.1 Å². The number of ether oxygens (including phenoxy) is 4. The number of aliphatic hydroxyl groups is 2. The van der Waals surface area contributed by atoms with E-state index in [1.807, 2.05) is 0 Å². The number of methoxy groups -OCH3 is 1. The van der Waals surface area contributed by atoms with E-state index in [-0.39, 0.29) is 55.4 Å². The Labute approximate surface area is 344 Å². The number of ketones is 1. The quantitative estimate of drug-likeness (QED) is 0.219. The number of nitrogens with zero attached hydrogens (tertiary/aromatic N) is 3. The Balaban J connectivity index is 1.55. The predicted octanol–water partition coefficient (Wildman–Crippen LogP) is 4.11. The van der Waals surface area contributed by atoms with E-state index in [0.29, 0.717) is 25.9 Å². The lowest BCUT2D eigenvalue weighted by atomic mass is 9.78. The number of nitrogens with one attached hydrogen (secondary N) is 1. The van der Waals surface area contributed by atoms with Crippen molar-refractivity contribution in [2.45, 2.75) is 111 Å². The number of hydrogen-bond donors (Lipinski definition) is 5. The summed E-state index contributed by atoms with van der Waals surface area (Å²) in [4.78, 5) is 53.4. The van der Waals surface area contributed by atoms with Crippen molar-refractivity contribution in [3.8, 4) is 17.2 Å². The number of likely N-dealkylation sites (tertiary alicyclic amines) is 1. The van der Waals surface area contributed by atoms with Crippen LogP contribution in [-0.2, 0) is 23.8 Å². The summed E-state index contributed by atoms with van der Waals surface area (Å²) >= 11 is 0. The van der Waals surface area contributed by atoms with Gasteiger partial charge in [0.2, 0.25) is 0 Å². The number of carbonyl (C=O) groups is 3. The van der Waals surface area contributed by atoms with Gasteiger partial charge in [0.25, 0.3) is 11.7 Å². The topological polar surface area (TPSA) is 209 Å². The second-order valence-electron chi connectivity index (χ2n) is 16.7. The molecule has 6 rings (SSSR count). The molecule has 15 nitrogen and oxygen atoms in total. The van der Waals surface area contributed by atoms with E-state index >= 15 is 0 Å². The van der Waals surface area contributed by atoms with Crippen LogP contribution in [0.1, 0.15) is 84.2 Å². The van der Waals surface area contributed by atoms with Crippen LogP contribution in [0.3, 0.4) is 0 Å². The number of aliphatic hydroxyl groups excluding tert-OH is 2. The molecule has 4 aliphatic rings. The highest BCUT2D eigenvalue weighted by atomic mass is 16.7. The molecule has 0 unspecified atom stereocenters. The molecule has 0 saturated carbocycles. The van der Waals surface area contributed by atoms with E-state index < -0.39 is 82.9 Å². The molecular weight excluding hydrogens is 761 g/mol. The lowest BCUT2D eigenvalue weighted by molar-refractivity contribution is -0.160. The maximum Gasteiger partial charge on any atom is 0.312 e. The van der Waals surface area contributed by atoms with Crippen LogP contribution in [0.4, 0.5) is 5.69 Å². The van der Waals surface area contributed by atoms with Gasteiger partial charge < -0.3 is 49.6 Å². The number of phenolic OH excluding ortho intramolecular Hbond substituents is 2. The Bertz CT molecular complexity index is 2240. The molecule has 4 aliphatic heterocycles. The maximum atomic E-state index is 14.7. The fraction of sp³-hybridized carbons (Fsp3) is 0.568. The molecule has 9 atom stereocenters. The third kappa shape index (κ3) is 7.85. The Hall–Kier alpha value is -4.83. The molecule has 15 heteroatoms. The van der Waals surface area contributed by atoms with Crippen molar-refractivity contribution in [2.24, 2.45) is 33.7 Å². The molecule has 2 aromatic carbocycles. The first kappa shape index (κ1) is 43.7. The van der Waals surface area contributed by atoms with Gasteiger partial charge in [-0.1, -0.05) is 52.8 Å². The summed E-state index contributed by atoms with van der Waals surface area (Å²) in [6.45, 7) is 17.2. The average Bonchev–Trinajstić information content (AvgIpc) is 3.70. The molecule has 1 fully saturated rings. The van der Waals surface area contributed by atoms with Gasteiger partial charge in [0.1, 0.15) is 28.6 Å². The molecule has 1 spiro atoms. The summed E-state index contributed by atoms with van der Waals surface area (Å²) in [7, 11) is 1.47. The average molecular weight is 819 g/mol. The monoisotopic (exact) mass is 818 g/mol. The highest BCUT2D eigenvalue weighted by molar-refractivity contribution is 6.19. The zero-order valence-electron chi connectivity index (χ0n) is 35.5. The fourth-order valence-corrected chi connectivity index (χ4v) is 8.82. The Morgan fingerprint density at radius 3 is 2.25 bits per heavy atom. The van der Waals surface area contributed by atoms with E-state index in [2.05, 4.69) is 17.1 Å². The first-order chi connectivity index (χ1) is 27.8. The van der Waals surface area contributed by atoms with Crippen LogP contribution >= 0.6 is 0 Å². The molecule has 5 N–H and O–H groups in total. The van der Waals surface area contributed by atoms with Gasteiger partial charge in [-0.2, -0.15) is 0 Å². The molecule has 0 aromatic heterocycles. The zero-order valence-corrected chi connectivity index (χ0v) is 35.5. The third-order valence-electron chi connectivity index (χ3n) is 12.7. The molecule has 4 heterocycles. The Morgan fingerprint density at radius 2 is 1.63 bits per heavy atom. The molecule has 1 amide bonds. The number of anilines is 1. The number of phenols is 2. The van der Waals surface area contributed by atoms with E-state index in [9.17, 15) is 34.8 Å². The summed E-state index contributed by atoms with van der Waals surface area (Å²) in [5.74, 6) is -6.90. The number of fused-ring (bicyclic) bond motifs is 1. The van der Waals surface area contributed by atoms with Crippen molar-refractivity contribution < 1.29 is 53.8 Å². The largest absolute Gasteiger partial charge is 0.507 e. The molecule has 2 aromatic rings. The second kappa shape index (κ2) is 16.7. The first-order valence-electron chi connectivity index (χ1n) is 20.4. The second-order valence-corrected chi connectivity index (χ2v) is 16.7. The smallest absolute Gasteiger partial charge is 0.312 e. The number of aromatic hydroxyl groups is 2. The van der Waals surface area contributed by atoms with Gasteiger partial charge in [-0.05, 0) is 26.5 Å². The van der Waals surface area contributed by atoms with E-state index in [1.165, 1.54) is 27.2 Å². The molecule has 1 saturated heterocycles. The predicted molar refractivity (Wildman–Crippen MR) is 219 cm³/mol. The number of piperidine rings is 1. The van der Waals surface area contributed by atoms with Crippen LogP contribution in [0.5, 0.6) is 17.2 Å². The number of benzene rings is 2. The highest BCUT2D eigenvalue weighted by Crippen LogP contribution is 2.50. The standard InChI is InChI=1S/C44H58N4O11/c1-11-48-18-16-44(17-19-48)46-32-29-30-37(52)26(7)40-31(29)41(54)43(9,59-40)57-20-15-28(56-10)23(4)39(58-27(8)49)25(6)36(51)24(5)35(50)21(2)13-12-14-22(3)42(55)45-34(38(30)53)33(32)47-44/h12-15,20-21,23-25,28,35-36,39,50-53H,11,16-19H2,1-10H3,(H,45,55)/b13-12-,20-15-,22-14+/t21-,23-,24+,25+,28-,35-,36+,39-,43-/m0/s1. The lowest BCUT2D eigenvalue weighted by Gasteiger charge is -2.38. The van der Waals surface area contributed by atoms with Gasteiger partial charge in [0.05, 0.1) is 40.9 Å². The van der Waals surface area contributed by atoms with Crippen LogP contribution in [0.15, 0.2) is 46.1 Å². The lowest BCUT2D eigenvalue weighted by Crippen LogP contribution is -2.46. The van der Waals surface area contributed by atoms with Gasteiger partial charge in [-0.15, -0.1) is 0 Å². The Morgan fingerprint density at radius 1 is 0.966 bits per heavy atom. The molecule has 320 valence electrons. The van der Waals surface area contributed by atoms with Crippen molar-refractivity contribution in [2.75, 3.05) is 32.1 Å². The number of esters is 1. The van der Waals surface area contributed by atoms with Crippen LogP contribution in [-0.4, -0.2) is 106 Å². The molecule has 0 radical (unpaired) electrons. The number of rotatable bonds is 3. The van der Waals surface area contributed by atoms with Crippen molar-refractivity contribution in [1.82, 2.24) is 4.90 Å². The minimum Gasteiger partial charge on any atom is -0.507 e. The number of allylic oxidation sites excluding steroid dienone is 2. The first-order valence-corrected chi connectivity index (χ1v) is 20.4. The van der Waals surface area contributed by atoms with Gasteiger partial charge in [-0.25, -0.2) is 0 Å². The number of Topliss-reactive ketones (excluding diaryl/α,β-unsaturated/α-hetero) is 1. The van der Waals surface area contributed by atoms with E-state index in [4.69, 9.17) is 28.9 Å². The van der Waals surface area contributed by atoms with Crippen LogP contribution < -0.4 is 20.8 Å². The van der Waals surface area contributed by atoms with Gasteiger partial charge in [0.15, 0.2) is 11.4 Å². The van der Waals surface area contributed by atoms with Crippen molar-refractivity contribution in [1.29, 1.82) is 0 Å². The van der Waals surface area contributed by atoms with Crippen molar-refractivity contribution in [3.63, 3.8) is 0 Å². The molecule has 59 heavy (non-hydrogen) atoms. The van der Waals surface area contributed by atoms with Crippen LogP contribution in [0, 0.1) is 30.6 Å². The zero-order chi connectivity index (χ0) is 43.3. The normalized spacial score (nSPS) is 33.3. The summed E-state index contributed by atoms with van der Waals surface area (Å²) in [6.07, 6.45) is 5.03. The molecular formula is C44H58N4O11. The Kier molecular flexibility index (Phi) is 12.4. The summed E-state index contributed by atoms with van der Waals surface area (Å²) < 4.78 is 23.9. The third-order valence-corrected chi connectivity index (χ3v) is 12.7. The van der Waals surface area contributed by atoms with Crippen LogP contribution in [0.2, 0.25) is 0 Å². The maximum absolute atomic E-state index is 14.7. The SMILES string of the molecule is CCN1CCC2(CC1)N=c1c3c(O)c4c(O)c(C)c5c(c4c1=N2)C(=O)[C@@](C)(O/C=C\[C@H](OC)[C@H](C)[C@H](OC(C)=O)[C@H](C)[C@H](O)[C@H](C)[C@@H](O)[C@@H](C)/C=C\C=C(/C)C(=O)N3)O5. The molecule has 4 bridgehead atoms. The summed E-state index contributed by atoms with van der Waals surface area (Å²) in [6, 6.07) is 0.